The minimum atomic E-state index is -0.0294. The molecule has 0 saturated carbocycles. The van der Waals surface area contributed by atoms with E-state index in [4.69, 9.17) is 26.3 Å². The summed E-state index contributed by atoms with van der Waals surface area (Å²) in [6.45, 7) is 9.58. The van der Waals surface area contributed by atoms with Crippen LogP contribution < -0.4 is 10.5 Å². The number of allylic oxidation sites excluding steroid dienone is 3. The van der Waals surface area contributed by atoms with Crippen LogP contribution in [0.5, 0.6) is 0 Å². The van der Waals surface area contributed by atoms with E-state index in [1.54, 1.807) is 17.7 Å². The molecule has 1 fully saturated rings. The normalized spacial score (nSPS) is 16.3. The lowest BCUT2D eigenvalue weighted by molar-refractivity contribution is 0.0939. The van der Waals surface area contributed by atoms with Gasteiger partial charge in [0.25, 0.3) is 5.56 Å². The number of pyridine rings is 1. The van der Waals surface area contributed by atoms with Crippen LogP contribution in [0.15, 0.2) is 78.3 Å². The maximum absolute atomic E-state index is 12.3. The number of morpholine rings is 1. The molecule has 0 radical (unpaired) electrons. The second-order valence-corrected chi connectivity index (χ2v) is 9.65. The molecule has 5 rings (SSSR count). The van der Waals surface area contributed by atoms with E-state index in [9.17, 15) is 4.79 Å². The highest BCUT2D eigenvalue weighted by Gasteiger charge is 2.28. The Balaban J connectivity index is 1.73. The summed E-state index contributed by atoms with van der Waals surface area (Å²) < 4.78 is 7.52. The number of hydrogen-bond acceptors (Lipinski definition) is 5. The van der Waals surface area contributed by atoms with Gasteiger partial charge in [-0.15, -0.1) is 0 Å². The molecule has 1 aliphatic rings. The summed E-state index contributed by atoms with van der Waals surface area (Å²) in [6.07, 6.45) is 5.62. The third-order valence-corrected chi connectivity index (χ3v) is 7.07. The molecular weight excluding hydrogens is 484 g/mol. The number of halogens is 1. The fraction of sp³-hybridized carbons (Fsp3) is 0.233. The number of nitrogens with zero attached hydrogens (tertiary/aromatic N) is 4. The van der Waals surface area contributed by atoms with E-state index in [0.717, 1.165) is 39.0 Å². The molecule has 0 spiro atoms. The molecule has 0 N–H and O–H groups in total. The number of benzene rings is 2. The maximum atomic E-state index is 12.3. The molecule has 6 nitrogen and oxygen atoms in total. The van der Waals surface area contributed by atoms with E-state index in [1.165, 1.54) is 0 Å². The van der Waals surface area contributed by atoms with Gasteiger partial charge in [-0.3, -0.25) is 4.79 Å². The Morgan fingerprint density at radius 2 is 1.92 bits per heavy atom. The molecule has 37 heavy (non-hydrogen) atoms. The van der Waals surface area contributed by atoms with Gasteiger partial charge in [0.15, 0.2) is 5.82 Å². The first-order chi connectivity index (χ1) is 17.9. The van der Waals surface area contributed by atoms with Gasteiger partial charge in [-0.25, -0.2) is 9.97 Å². The van der Waals surface area contributed by atoms with Crippen molar-refractivity contribution in [2.45, 2.75) is 19.9 Å². The van der Waals surface area contributed by atoms with Crippen molar-refractivity contribution >= 4 is 33.9 Å². The van der Waals surface area contributed by atoms with E-state index in [2.05, 4.69) is 17.5 Å². The zero-order valence-corrected chi connectivity index (χ0v) is 22.0. The quantitative estimate of drug-likeness (QED) is 0.301. The van der Waals surface area contributed by atoms with E-state index < -0.39 is 0 Å². The minimum Gasteiger partial charge on any atom is -0.377 e. The van der Waals surface area contributed by atoms with Crippen LogP contribution in [-0.2, 0) is 11.8 Å². The SMILES string of the molecule is C=C/C(=C\C)c1nc(N2CCOCC2c2ccc(Cl)cc2)c2cc(-c3cc(C)c(=O)n(C)c3)ccc2n1. The van der Waals surface area contributed by atoms with Crippen molar-refractivity contribution in [1.82, 2.24) is 14.5 Å². The Morgan fingerprint density at radius 1 is 1.14 bits per heavy atom. The van der Waals surface area contributed by atoms with Gasteiger partial charge < -0.3 is 14.2 Å². The molecule has 4 aromatic rings. The fourth-order valence-electron chi connectivity index (χ4n) is 4.83. The van der Waals surface area contributed by atoms with Crippen LogP contribution in [0.3, 0.4) is 0 Å². The fourth-order valence-corrected chi connectivity index (χ4v) is 4.96. The average Bonchev–Trinajstić information content (AvgIpc) is 2.92. The van der Waals surface area contributed by atoms with Gasteiger partial charge in [-0.05, 0) is 60.9 Å². The van der Waals surface area contributed by atoms with Crippen LogP contribution >= 0.6 is 11.6 Å². The molecule has 2 aromatic heterocycles. The van der Waals surface area contributed by atoms with Crippen molar-refractivity contribution in [2.75, 3.05) is 24.7 Å². The second kappa shape index (κ2) is 10.3. The van der Waals surface area contributed by atoms with Crippen LogP contribution in [0.25, 0.3) is 27.6 Å². The summed E-state index contributed by atoms with van der Waals surface area (Å²) >= 11 is 6.17. The molecule has 2 aromatic carbocycles. The number of hydrogen-bond donors (Lipinski definition) is 0. The zero-order valence-electron chi connectivity index (χ0n) is 21.2. The van der Waals surface area contributed by atoms with Crippen LogP contribution in [-0.4, -0.2) is 34.3 Å². The summed E-state index contributed by atoms with van der Waals surface area (Å²) in [4.78, 5) is 24.5. The Hall–Kier alpha value is -3.74. The van der Waals surface area contributed by atoms with Crippen molar-refractivity contribution in [2.24, 2.45) is 7.05 Å². The highest BCUT2D eigenvalue weighted by atomic mass is 35.5. The molecule has 1 atom stereocenters. The van der Waals surface area contributed by atoms with Crippen molar-refractivity contribution < 1.29 is 4.74 Å². The summed E-state index contributed by atoms with van der Waals surface area (Å²) in [5.41, 5.74) is 5.48. The third-order valence-electron chi connectivity index (χ3n) is 6.82. The first-order valence-electron chi connectivity index (χ1n) is 12.3. The van der Waals surface area contributed by atoms with Gasteiger partial charge in [0.2, 0.25) is 0 Å². The number of aryl methyl sites for hydroxylation is 2. The Kier molecular flexibility index (Phi) is 6.96. The lowest BCUT2D eigenvalue weighted by atomic mass is 10.0. The van der Waals surface area contributed by atoms with Crippen LogP contribution in [0.1, 0.15) is 29.9 Å². The van der Waals surface area contributed by atoms with Gasteiger partial charge in [0.05, 0.1) is 24.8 Å². The van der Waals surface area contributed by atoms with Gasteiger partial charge in [-0.1, -0.05) is 48.5 Å². The van der Waals surface area contributed by atoms with Crippen LogP contribution in [0.4, 0.5) is 5.82 Å². The van der Waals surface area contributed by atoms with Crippen molar-refractivity contribution in [3.8, 4) is 11.1 Å². The maximum Gasteiger partial charge on any atom is 0.253 e. The number of rotatable bonds is 5. The van der Waals surface area contributed by atoms with Gasteiger partial charge in [0, 0.05) is 41.3 Å². The average molecular weight is 513 g/mol. The molecular formula is C30H29ClN4O2. The Labute approximate surface area is 221 Å². The van der Waals surface area contributed by atoms with E-state index in [-0.39, 0.29) is 11.6 Å². The first-order valence-corrected chi connectivity index (χ1v) is 12.7. The molecule has 188 valence electrons. The summed E-state index contributed by atoms with van der Waals surface area (Å²) in [5, 5.41) is 1.64. The highest BCUT2D eigenvalue weighted by Crippen LogP contribution is 2.36. The van der Waals surface area contributed by atoms with Crippen LogP contribution in [0, 0.1) is 6.92 Å². The largest absolute Gasteiger partial charge is 0.377 e. The van der Waals surface area contributed by atoms with Crippen LogP contribution in [0.2, 0.25) is 5.02 Å². The van der Waals surface area contributed by atoms with Crippen molar-refractivity contribution in [3.63, 3.8) is 0 Å². The topological polar surface area (TPSA) is 60.3 Å². The number of fused-ring (bicyclic) bond motifs is 1. The lowest BCUT2D eigenvalue weighted by Crippen LogP contribution is -2.40. The smallest absolute Gasteiger partial charge is 0.253 e. The number of ether oxygens (including phenoxy) is 1. The number of anilines is 1. The molecule has 0 aliphatic carbocycles. The predicted molar refractivity (Wildman–Crippen MR) is 151 cm³/mol. The monoisotopic (exact) mass is 512 g/mol. The highest BCUT2D eigenvalue weighted by molar-refractivity contribution is 6.30. The molecule has 0 bridgehead atoms. The second-order valence-electron chi connectivity index (χ2n) is 9.21. The van der Waals surface area contributed by atoms with Gasteiger partial charge in [-0.2, -0.15) is 0 Å². The molecule has 1 saturated heterocycles. The lowest BCUT2D eigenvalue weighted by Gasteiger charge is -2.37. The van der Waals surface area contributed by atoms with Gasteiger partial charge >= 0.3 is 0 Å². The van der Waals surface area contributed by atoms with E-state index >= 15 is 0 Å². The molecule has 7 heteroatoms. The molecule has 1 unspecified atom stereocenters. The van der Waals surface area contributed by atoms with Crippen molar-refractivity contribution in [1.29, 1.82) is 0 Å². The third kappa shape index (κ3) is 4.82. The molecule has 1 aliphatic heterocycles. The number of aromatic nitrogens is 3. The van der Waals surface area contributed by atoms with E-state index in [0.29, 0.717) is 36.2 Å². The minimum absolute atomic E-state index is 0.000587. The summed E-state index contributed by atoms with van der Waals surface area (Å²) in [5.74, 6) is 1.47. The Bertz CT molecular complexity index is 1550. The van der Waals surface area contributed by atoms with Crippen molar-refractivity contribution in [3.05, 3.63) is 106 Å². The molecule has 0 amide bonds. The summed E-state index contributed by atoms with van der Waals surface area (Å²) in [6, 6.07) is 16.0. The standard InChI is InChI=1S/C30H29ClN4O2/c1-5-20(6-2)28-32-26-12-9-22(23-15-19(3)30(36)34(4)17-23)16-25(26)29(33-28)35-13-14-37-18-27(35)21-7-10-24(31)11-8-21/h5-12,15-17,27H,1,13-14,18H2,2-4H3/b20-6+. The summed E-state index contributed by atoms with van der Waals surface area (Å²) in [7, 11) is 1.78. The predicted octanol–water partition coefficient (Wildman–Crippen LogP) is 6.12. The Morgan fingerprint density at radius 3 is 2.62 bits per heavy atom. The molecule has 3 heterocycles. The van der Waals surface area contributed by atoms with E-state index in [1.807, 2.05) is 68.6 Å². The van der Waals surface area contributed by atoms with Gasteiger partial charge in [0.1, 0.15) is 5.82 Å². The zero-order chi connectivity index (χ0) is 26.1. The first kappa shape index (κ1) is 24.9.